The zero-order chi connectivity index (χ0) is 17.3. The molecular weight excluding hydrogens is 320 g/mol. The summed E-state index contributed by atoms with van der Waals surface area (Å²) in [6.45, 7) is 5.13. The lowest BCUT2D eigenvalue weighted by atomic mass is 10.3. The number of hydrogen-bond acceptors (Lipinski definition) is 5. The Morgan fingerprint density at radius 3 is 2.30 bits per heavy atom. The first-order chi connectivity index (χ1) is 11.0. The number of nitrogens with zero attached hydrogens (tertiary/aromatic N) is 1. The Labute approximate surface area is 137 Å². The van der Waals surface area contributed by atoms with Crippen LogP contribution in [0.1, 0.15) is 13.8 Å². The van der Waals surface area contributed by atoms with Crippen molar-refractivity contribution in [1.82, 2.24) is 9.62 Å². The van der Waals surface area contributed by atoms with Gasteiger partial charge in [0.15, 0.2) is 6.61 Å². The number of carbonyl (C=O) groups excluding carboxylic acids is 1. The summed E-state index contributed by atoms with van der Waals surface area (Å²) >= 11 is 0. The summed E-state index contributed by atoms with van der Waals surface area (Å²) in [6, 6.07) is 6.04. The standard InChI is InChI=1S/C15H24N2O5S/c1-4-17(5-2)23(19,20)14-8-6-13(7-9-14)22-12-15(18)16-10-11-21-3/h6-9H,4-5,10-12H2,1-3H3,(H,16,18). The number of carbonyl (C=O) groups is 1. The van der Waals surface area contributed by atoms with Crippen molar-refractivity contribution in [3.8, 4) is 5.75 Å². The van der Waals surface area contributed by atoms with Crippen LogP contribution in [-0.2, 0) is 19.6 Å². The molecule has 23 heavy (non-hydrogen) atoms. The Hall–Kier alpha value is -1.64. The molecule has 7 nitrogen and oxygen atoms in total. The summed E-state index contributed by atoms with van der Waals surface area (Å²) in [7, 11) is -1.93. The van der Waals surface area contributed by atoms with Crippen LogP contribution in [0.5, 0.6) is 5.75 Å². The molecule has 130 valence electrons. The predicted molar refractivity (Wildman–Crippen MR) is 86.9 cm³/mol. The fourth-order valence-corrected chi connectivity index (χ4v) is 3.37. The summed E-state index contributed by atoms with van der Waals surface area (Å²) in [5, 5.41) is 2.63. The number of ether oxygens (including phenoxy) is 2. The van der Waals surface area contributed by atoms with Gasteiger partial charge >= 0.3 is 0 Å². The molecule has 0 saturated carbocycles. The Balaban J connectivity index is 2.62. The number of rotatable bonds is 10. The quantitative estimate of drug-likeness (QED) is 0.636. The van der Waals surface area contributed by atoms with Gasteiger partial charge in [0.1, 0.15) is 5.75 Å². The summed E-state index contributed by atoms with van der Waals surface area (Å²) in [4.78, 5) is 11.7. The molecule has 1 rings (SSSR count). The van der Waals surface area contributed by atoms with Crippen molar-refractivity contribution in [2.45, 2.75) is 18.7 Å². The number of hydrogen-bond donors (Lipinski definition) is 1. The van der Waals surface area contributed by atoms with Gasteiger partial charge in [-0.3, -0.25) is 4.79 Å². The maximum absolute atomic E-state index is 12.3. The third kappa shape index (κ3) is 5.81. The van der Waals surface area contributed by atoms with Crippen LogP contribution in [0.2, 0.25) is 0 Å². The number of amides is 1. The number of methoxy groups -OCH3 is 1. The lowest BCUT2D eigenvalue weighted by molar-refractivity contribution is -0.123. The van der Waals surface area contributed by atoms with Gasteiger partial charge in [0, 0.05) is 26.7 Å². The molecule has 1 amide bonds. The average Bonchev–Trinajstić information content (AvgIpc) is 2.54. The van der Waals surface area contributed by atoms with Gasteiger partial charge in [-0.1, -0.05) is 13.8 Å². The molecule has 0 unspecified atom stereocenters. The van der Waals surface area contributed by atoms with Gasteiger partial charge < -0.3 is 14.8 Å². The molecule has 0 aliphatic carbocycles. The minimum Gasteiger partial charge on any atom is -0.484 e. The van der Waals surface area contributed by atoms with Crippen LogP contribution in [0.3, 0.4) is 0 Å². The first kappa shape index (κ1) is 19.4. The zero-order valence-electron chi connectivity index (χ0n) is 13.7. The van der Waals surface area contributed by atoms with Crippen LogP contribution in [0.15, 0.2) is 29.2 Å². The molecular formula is C15H24N2O5S. The fourth-order valence-electron chi connectivity index (χ4n) is 1.91. The van der Waals surface area contributed by atoms with E-state index in [9.17, 15) is 13.2 Å². The molecule has 0 aliphatic rings. The topological polar surface area (TPSA) is 84.9 Å². The van der Waals surface area contributed by atoms with Gasteiger partial charge in [0.2, 0.25) is 10.0 Å². The molecule has 0 aliphatic heterocycles. The second-order valence-electron chi connectivity index (χ2n) is 4.69. The van der Waals surface area contributed by atoms with Gasteiger partial charge in [-0.2, -0.15) is 4.31 Å². The van der Waals surface area contributed by atoms with Crippen molar-refractivity contribution in [2.24, 2.45) is 0 Å². The second-order valence-corrected chi connectivity index (χ2v) is 6.63. The Bertz CT molecular complexity index is 582. The number of nitrogens with one attached hydrogen (secondary N) is 1. The van der Waals surface area contributed by atoms with Crippen molar-refractivity contribution >= 4 is 15.9 Å². The molecule has 1 N–H and O–H groups in total. The molecule has 0 heterocycles. The molecule has 1 aromatic rings. The van der Waals surface area contributed by atoms with Crippen molar-refractivity contribution in [3.05, 3.63) is 24.3 Å². The van der Waals surface area contributed by atoms with Crippen LogP contribution in [-0.4, -0.2) is 58.6 Å². The van der Waals surface area contributed by atoms with Crippen LogP contribution < -0.4 is 10.1 Å². The van der Waals surface area contributed by atoms with E-state index in [-0.39, 0.29) is 17.4 Å². The van der Waals surface area contributed by atoms with Crippen molar-refractivity contribution in [3.63, 3.8) is 0 Å². The highest BCUT2D eigenvalue weighted by molar-refractivity contribution is 7.89. The van der Waals surface area contributed by atoms with Crippen LogP contribution in [0.25, 0.3) is 0 Å². The van der Waals surface area contributed by atoms with E-state index < -0.39 is 10.0 Å². The van der Waals surface area contributed by atoms with Gasteiger partial charge in [-0.25, -0.2) is 8.42 Å². The molecule has 8 heteroatoms. The summed E-state index contributed by atoms with van der Waals surface area (Å²) in [5.41, 5.74) is 0. The third-order valence-corrected chi connectivity index (χ3v) is 5.23. The smallest absolute Gasteiger partial charge is 0.258 e. The SMILES string of the molecule is CCN(CC)S(=O)(=O)c1ccc(OCC(=O)NCCOC)cc1. The lowest BCUT2D eigenvalue weighted by Gasteiger charge is -2.18. The normalized spacial score (nSPS) is 11.5. The molecule has 0 bridgehead atoms. The van der Waals surface area contributed by atoms with Crippen molar-refractivity contribution in [1.29, 1.82) is 0 Å². The summed E-state index contributed by atoms with van der Waals surface area (Å²) < 4.78 is 36.2. The van der Waals surface area contributed by atoms with Gasteiger partial charge in [0.05, 0.1) is 11.5 Å². The highest BCUT2D eigenvalue weighted by atomic mass is 32.2. The number of sulfonamides is 1. The van der Waals surface area contributed by atoms with Crippen LogP contribution in [0.4, 0.5) is 0 Å². The second kappa shape index (κ2) is 9.49. The molecule has 0 aromatic heterocycles. The number of benzene rings is 1. The Kier molecular flexibility index (Phi) is 8.01. The maximum Gasteiger partial charge on any atom is 0.258 e. The van der Waals surface area contributed by atoms with Gasteiger partial charge in [-0.15, -0.1) is 0 Å². The minimum atomic E-state index is -3.48. The maximum atomic E-state index is 12.3. The first-order valence-corrected chi connectivity index (χ1v) is 8.88. The Morgan fingerprint density at radius 2 is 1.78 bits per heavy atom. The van der Waals surface area contributed by atoms with E-state index in [2.05, 4.69) is 5.32 Å². The Morgan fingerprint density at radius 1 is 1.17 bits per heavy atom. The van der Waals surface area contributed by atoms with Crippen molar-refractivity contribution in [2.75, 3.05) is 40.0 Å². The first-order valence-electron chi connectivity index (χ1n) is 7.44. The van der Waals surface area contributed by atoms with E-state index in [1.807, 2.05) is 0 Å². The average molecular weight is 344 g/mol. The fraction of sp³-hybridized carbons (Fsp3) is 0.533. The monoisotopic (exact) mass is 344 g/mol. The highest BCUT2D eigenvalue weighted by Crippen LogP contribution is 2.19. The van der Waals surface area contributed by atoms with Crippen LogP contribution >= 0.6 is 0 Å². The molecule has 0 atom stereocenters. The van der Waals surface area contributed by atoms with E-state index in [0.29, 0.717) is 32.0 Å². The van der Waals surface area contributed by atoms with Crippen molar-refractivity contribution < 1.29 is 22.7 Å². The highest BCUT2D eigenvalue weighted by Gasteiger charge is 2.21. The predicted octanol–water partition coefficient (Wildman–Crippen LogP) is 0.859. The molecule has 0 fully saturated rings. The lowest BCUT2D eigenvalue weighted by Crippen LogP contribution is -2.31. The van der Waals surface area contributed by atoms with Gasteiger partial charge in [0.25, 0.3) is 5.91 Å². The molecule has 1 aromatic carbocycles. The summed E-state index contributed by atoms with van der Waals surface area (Å²) in [5.74, 6) is 0.173. The van der Waals surface area contributed by atoms with Gasteiger partial charge in [-0.05, 0) is 24.3 Å². The minimum absolute atomic E-state index is 0.133. The van der Waals surface area contributed by atoms with E-state index in [1.54, 1.807) is 33.1 Å². The summed E-state index contributed by atoms with van der Waals surface area (Å²) in [6.07, 6.45) is 0. The largest absolute Gasteiger partial charge is 0.484 e. The van der Waals surface area contributed by atoms with E-state index in [1.165, 1.54) is 16.4 Å². The van der Waals surface area contributed by atoms with E-state index >= 15 is 0 Å². The third-order valence-electron chi connectivity index (χ3n) is 3.17. The molecule has 0 saturated heterocycles. The zero-order valence-corrected chi connectivity index (χ0v) is 14.6. The van der Waals surface area contributed by atoms with E-state index in [4.69, 9.17) is 9.47 Å². The molecule has 0 radical (unpaired) electrons. The van der Waals surface area contributed by atoms with E-state index in [0.717, 1.165) is 0 Å². The van der Waals surface area contributed by atoms with Crippen LogP contribution in [0, 0.1) is 0 Å². The molecule has 0 spiro atoms.